The number of pyridine rings is 1. The van der Waals surface area contributed by atoms with Gasteiger partial charge in [0.15, 0.2) is 0 Å². The lowest BCUT2D eigenvalue weighted by molar-refractivity contribution is 0.102. The van der Waals surface area contributed by atoms with Crippen molar-refractivity contribution in [3.8, 4) is 17.2 Å². The Morgan fingerprint density at radius 3 is 2.80 bits per heavy atom. The highest BCUT2D eigenvalue weighted by Crippen LogP contribution is 2.28. The molecule has 3 aromatic rings. The van der Waals surface area contributed by atoms with Gasteiger partial charge in [0.1, 0.15) is 11.1 Å². The zero-order valence-corrected chi connectivity index (χ0v) is 14.9. The van der Waals surface area contributed by atoms with Crippen LogP contribution >= 0.6 is 11.3 Å². The molecule has 1 aromatic carbocycles. The van der Waals surface area contributed by atoms with Crippen molar-refractivity contribution in [3.63, 3.8) is 0 Å². The molecule has 2 aromatic heterocycles. The molecule has 5 heteroatoms. The van der Waals surface area contributed by atoms with E-state index in [1.54, 1.807) is 6.20 Å². The summed E-state index contributed by atoms with van der Waals surface area (Å²) in [5, 5.41) is 12.7. The number of aryl methyl sites for hydroxylation is 2. The molecule has 0 aliphatic carbocycles. The van der Waals surface area contributed by atoms with E-state index in [0.717, 1.165) is 28.0 Å². The van der Waals surface area contributed by atoms with E-state index in [1.165, 1.54) is 17.5 Å². The van der Waals surface area contributed by atoms with Gasteiger partial charge in [0.05, 0.1) is 11.1 Å². The second kappa shape index (κ2) is 7.29. The molecule has 4 nitrogen and oxygen atoms in total. The number of hydrogen-bond donors (Lipinski definition) is 1. The van der Waals surface area contributed by atoms with E-state index in [4.69, 9.17) is 0 Å². The van der Waals surface area contributed by atoms with E-state index >= 15 is 0 Å². The summed E-state index contributed by atoms with van der Waals surface area (Å²) in [6.45, 7) is 4.05. The topological polar surface area (TPSA) is 65.8 Å². The normalized spacial score (nSPS) is 10.3. The summed E-state index contributed by atoms with van der Waals surface area (Å²) in [4.78, 5) is 17.8. The Hall–Kier alpha value is -2.97. The smallest absolute Gasteiger partial charge is 0.257 e. The monoisotopic (exact) mass is 347 g/mol. The van der Waals surface area contributed by atoms with Crippen LogP contribution in [0.15, 0.2) is 48.8 Å². The fraction of sp³-hybridized carbons (Fsp3) is 0.150. The Labute approximate surface area is 150 Å². The maximum atomic E-state index is 12.6. The highest BCUT2D eigenvalue weighted by molar-refractivity contribution is 7.16. The Bertz CT molecular complexity index is 969. The first-order valence-corrected chi connectivity index (χ1v) is 8.78. The van der Waals surface area contributed by atoms with Crippen molar-refractivity contribution in [3.05, 3.63) is 70.4 Å². The SMILES string of the molecule is CCc1cc(C#N)c(NC(=O)c2cncc(-c3cccc(C)c3)c2)s1. The highest BCUT2D eigenvalue weighted by atomic mass is 32.1. The van der Waals surface area contributed by atoms with Gasteiger partial charge in [-0.25, -0.2) is 0 Å². The molecule has 0 unspecified atom stereocenters. The molecule has 25 heavy (non-hydrogen) atoms. The Kier molecular flexibility index (Phi) is 4.92. The number of anilines is 1. The summed E-state index contributed by atoms with van der Waals surface area (Å²) in [5.74, 6) is -0.261. The second-order valence-corrected chi connectivity index (χ2v) is 6.84. The molecule has 0 spiro atoms. The van der Waals surface area contributed by atoms with Crippen molar-refractivity contribution in [2.24, 2.45) is 0 Å². The molecule has 0 aliphatic heterocycles. The van der Waals surface area contributed by atoms with Crippen LogP contribution in [0.25, 0.3) is 11.1 Å². The van der Waals surface area contributed by atoms with Gasteiger partial charge in [-0.1, -0.05) is 36.8 Å². The molecule has 0 saturated carbocycles. The molecule has 124 valence electrons. The summed E-state index contributed by atoms with van der Waals surface area (Å²) < 4.78 is 0. The molecule has 2 heterocycles. The van der Waals surface area contributed by atoms with Crippen molar-refractivity contribution >= 4 is 22.2 Å². The minimum Gasteiger partial charge on any atom is -0.312 e. The Morgan fingerprint density at radius 1 is 1.24 bits per heavy atom. The van der Waals surface area contributed by atoms with Gasteiger partial charge >= 0.3 is 0 Å². The van der Waals surface area contributed by atoms with E-state index in [-0.39, 0.29) is 5.91 Å². The quantitative estimate of drug-likeness (QED) is 0.737. The molecule has 0 aliphatic rings. The van der Waals surface area contributed by atoms with E-state index in [9.17, 15) is 10.1 Å². The average Bonchev–Trinajstić information content (AvgIpc) is 3.04. The zero-order chi connectivity index (χ0) is 17.8. The third kappa shape index (κ3) is 3.76. The van der Waals surface area contributed by atoms with Crippen LogP contribution in [0.5, 0.6) is 0 Å². The number of nitriles is 1. The first kappa shape index (κ1) is 16.9. The van der Waals surface area contributed by atoms with E-state index < -0.39 is 0 Å². The number of aromatic nitrogens is 1. The van der Waals surface area contributed by atoms with Gasteiger partial charge < -0.3 is 5.32 Å². The van der Waals surface area contributed by atoms with Crippen LogP contribution in [0.3, 0.4) is 0 Å². The van der Waals surface area contributed by atoms with Crippen LogP contribution in [0.1, 0.15) is 33.3 Å². The van der Waals surface area contributed by atoms with Crippen molar-refractivity contribution < 1.29 is 4.79 Å². The van der Waals surface area contributed by atoms with Crippen LogP contribution in [0.4, 0.5) is 5.00 Å². The maximum absolute atomic E-state index is 12.6. The fourth-order valence-electron chi connectivity index (χ4n) is 2.51. The summed E-state index contributed by atoms with van der Waals surface area (Å²) in [5.41, 5.74) is 4.02. The standard InChI is InChI=1S/C20H17N3OS/c1-3-18-9-15(10-21)20(25-18)23-19(24)17-8-16(11-22-12-17)14-6-4-5-13(2)7-14/h4-9,11-12H,3H2,1-2H3,(H,23,24). The highest BCUT2D eigenvalue weighted by Gasteiger charge is 2.14. The predicted molar refractivity (Wildman–Crippen MR) is 101 cm³/mol. The number of amides is 1. The number of rotatable bonds is 4. The number of hydrogen-bond acceptors (Lipinski definition) is 4. The van der Waals surface area contributed by atoms with E-state index in [2.05, 4.69) is 22.4 Å². The fourth-order valence-corrected chi connectivity index (χ4v) is 3.46. The molecule has 1 N–H and O–H groups in total. The maximum Gasteiger partial charge on any atom is 0.257 e. The van der Waals surface area contributed by atoms with E-state index in [0.29, 0.717) is 16.1 Å². The van der Waals surface area contributed by atoms with E-state index in [1.807, 2.05) is 44.2 Å². The van der Waals surface area contributed by atoms with Gasteiger partial charge in [0, 0.05) is 22.8 Å². The predicted octanol–water partition coefficient (Wildman–Crippen LogP) is 4.80. The molecule has 0 radical (unpaired) electrons. The van der Waals surface area contributed by atoms with Gasteiger partial charge in [-0.05, 0) is 31.0 Å². The number of benzene rings is 1. The lowest BCUT2D eigenvalue weighted by atomic mass is 10.0. The van der Waals surface area contributed by atoms with Crippen LogP contribution in [0, 0.1) is 18.3 Å². The minimum absolute atomic E-state index is 0.261. The van der Waals surface area contributed by atoms with Gasteiger partial charge in [0.2, 0.25) is 0 Å². The molecule has 3 rings (SSSR count). The number of nitrogens with one attached hydrogen (secondary N) is 1. The lowest BCUT2D eigenvalue weighted by Crippen LogP contribution is -2.12. The van der Waals surface area contributed by atoms with Gasteiger partial charge in [-0.3, -0.25) is 9.78 Å². The van der Waals surface area contributed by atoms with Gasteiger partial charge in [0.25, 0.3) is 5.91 Å². The molecule has 0 saturated heterocycles. The van der Waals surface area contributed by atoms with Gasteiger partial charge in [-0.15, -0.1) is 11.3 Å². The molecular weight excluding hydrogens is 330 g/mol. The molecule has 0 fully saturated rings. The Morgan fingerprint density at radius 2 is 2.08 bits per heavy atom. The minimum atomic E-state index is -0.261. The second-order valence-electron chi connectivity index (χ2n) is 5.71. The summed E-state index contributed by atoms with van der Waals surface area (Å²) >= 11 is 1.43. The third-order valence-corrected chi connectivity index (χ3v) is 5.03. The lowest BCUT2D eigenvalue weighted by Gasteiger charge is -2.06. The summed E-state index contributed by atoms with van der Waals surface area (Å²) in [7, 11) is 0. The van der Waals surface area contributed by atoms with Crippen molar-refractivity contribution in [2.75, 3.05) is 5.32 Å². The van der Waals surface area contributed by atoms with Crippen LogP contribution in [-0.2, 0) is 6.42 Å². The Balaban J connectivity index is 1.87. The summed E-state index contributed by atoms with van der Waals surface area (Å²) in [6.07, 6.45) is 4.11. The number of carbonyl (C=O) groups is 1. The van der Waals surface area contributed by atoms with Crippen molar-refractivity contribution in [1.82, 2.24) is 4.98 Å². The van der Waals surface area contributed by atoms with Crippen LogP contribution in [0.2, 0.25) is 0 Å². The number of nitrogens with zero attached hydrogens (tertiary/aromatic N) is 2. The first-order valence-electron chi connectivity index (χ1n) is 7.97. The largest absolute Gasteiger partial charge is 0.312 e. The molecular formula is C20H17N3OS. The van der Waals surface area contributed by atoms with Crippen LogP contribution in [-0.4, -0.2) is 10.9 Å². The van der Waals surface area contributed by atoms with Crippen LogP contribution < -0.4 is 5.32 Å². The number of carbonyl (C=O) groups excluding carboxylic acids is 1. The average molecular weight is 347 g/mol. The molecule has 0 atom stereocenters. The third-order valence-electron chi connectivity index (χ3n) is 3.83. The van der Waals surface area contributed by atoms with Crippen molar-refractivity contribution in [1.29, 1.82) is 5.26 Å². The molecule has 1 amide bonds. The van der Waals surface area contributed by atoms with Crippen molar-refractivity contribution in [2.45, 2.75) is 20.3 Å². The summed E-state index contributed by atoms with van der Waals surface area (Å²) in [6, 6.07) is 13.8. The molecule has 0 bridgehead atoms. The first-order chi connectivity index (χ1) is 12.1. The number of thiophene rings is 1. The zero-order valence-electron chi connectivity index (χ0n) is 14.0. The van der Waals surface area contributed by atoms with Gasteiger partial charge in [-0.2, -0.15) is 5.26 Å².